The van der Waals surface area contributed by atoms with Gasteiger partial charge in [-0.2, -0.15) is 9.78 Å². The van der Waals surface area contributed by atoms with Crippen molar-refractivity contribution in [2.24, 2.45) is 0 Å². The van der Waals surface area contributed by atoms with Crippen molar-refractivity contribution in [2.45, 2.75) is 37.1 Å². The average Bonchev–Trinajstić information content (AvgIpc) is 3.23. The SMILES string of the molecule is O=C(Nc1ccc(F)c(-n2nnnc2C2CC2)c1)C1(n2cccn2)CCNCC1. The number of hydrogen-bond donors (Lipinski definition) is 2. The van der Waals surface area contributed by atoms with Crippen molar-refractivity contribution in [2.75, 3.05) is 18.4 Å². The summed E-state index contributed by atoms with van der Waals surface area (Å²) in [6.07, 6.45) is 6.71. The molecule has 0 unspecified atom stereocenters. The summed E-state index contributed by atoms with van der Waals surface area (Å²) in [5.74, 6) is 0.305. The number of nitrogens with one attached hydrogen (secondary N) is 2. The van der Waals surface area contributed by atoms with Crippen LogP contribution in [0.4, 0.5) is 10.1 Å². The van der Waals surface area contributed by atoms with E-state index in [9.17, 15) is 9.18 Å². The summed E-state index contributed by atoms with van der Waals surface area (Å²) in [7, 11) is 0. The Morgan fingerprint density at radius 2 is 2.10 bits per heavy atom. The van der Waals surface area contributed by atoms with Crippen LogP contribution in [0.5, 0.6) is 0 Å². The lowest BCUT2D eigenvalue weighted by atomic mass is 9.87. The summed E-state index contributed by atoms with van der Waals surface area (Å²) in [5, 5.41) is 22.3. The first-order chi connectivity index (χ1) is 14.2. The Hall–Kier alpha value is -3.14. The van der Waals surface area contributed by atoms with Crippen molar-refractivity contribution < 1.29 is 9.18 Å². The molecule has 0 atom stereocenters. The number of carbonyl (C=O) groups is 1. The van der Waals surface area contributed by atoms with Crippen molar-refractivity contribution in [3.8, 4) is 5.69 Å². The molecule has 1 saturated heterocycles. The van der Waals surface area contributed by atoms with E-state index in [4.69, 9.17) is 0 Å². The van der Waals surface area contributed by atoms with Crippen molar-refractivity contribution in [3.63, 3.8) is 0 Å². The summed E-state index contributed by atoms with van der Waals surface area (Å²) in [5.41, 5.74) is -0.0565. The fourth-order valence-corrected chi connectivity index (χ4v) is 3.88. The van der Waals surface area contributed by atoms with Gasteiger partial charge in [0.05, 0.1) is 0 Å². The van der Waals surface area contributed by atoms with E-state index in [2.05, 4.69) is 31.3 Å². The van der Waals surface area contributed by atoms with Gasteiger partial charge in [0.2, 0.25) is 0 Å². The van der Waals surface area contributed by atoms with Crippen LogP contribution in [-0.2, 0) is 10.3 Å². The van der Waals surface area contributed by atoms with E-state index in [1.807, 2.05) is 12.3 Å². The van der Waals surface area contributed by atoms with Crippen molar-refractivity contribution >= 4 is 11.6 Å². The van der Waals surface area contributed by atoms with Crippen molar-refractivity contribution in [1.29, 1.82) is 0 Å². The van der Waals surface area contributed by atoms with Crippen LogP contribution in [0.2, 0.25) is 0 Å². The highest BCUT2D eigenvalue weighted by molar-refractivity contribution is 5.97. The molecule has 150 valence electrons. The van der Waals surface area contributed by atoms with Gasteiger partial charge in [-0.3, -0.25) is 9.48 Å². The molecule has 2 aromatic heterocycles. The Balaban J connectivity index is 1.45. The van der Waals surface area contributed by atoms with Gasteiger partial charge in [-0.15, -0.1) is 5.10 Å². The molecule has 9 nitrogen and oxygen atoms in total. The molecule has 29 heavy (non-hydrogen) atoms. The molecule has 1 amide bonds. The Labute approximate surface area is 166 Å². The average molecular weight is 396 g/mol. The normalized spacial score (nSPS) is 18.5. The van der Waals surface area contributed by atoms with Crippen LogP contribution in [0, 0.1) is 5.82 Å². The Bertz CT molecular complexity index is 1020. The molecule has 3 heterocycles. The van der Waals surface area contributed by atoms with Gasteiger partial charge in [0.25, 0.3) is 5.91 Å². The van der Waals surface area contributed by atoms with Crippen LogP contribution < -0.4 is 10.6 Å². The molecule has 0 bridgehead atoms. The van der Waals surface area contributed by atoms with E-state index in [1.165, 1.54) is 10.7 Å². The number of aromatic nitrogens is 6. The third-order valence-corrected chi connectivity index (χ3v) is 5.66. The van der Waals surface area contributed by atoms with Crippen LogP contribution in [-0.4, -0.2) is 49.0 Å². The lowest BCUT2D eigenvalue weighted by Crippen LogP contribution is -2.52. The fraction of sp³-hybridized carbons (Fsp3) is 0.421. The van der Waals surface area contributed by atoms with E-state index in [0.29, 0.717) is 24.4 Å². The summed E-state index contributed by atoms with van der Waals surface area (Å²) < 4.78 is 17.7. The monoisotopic (exact) mass is 396 g/mol. The number of carbonyl (C=O) groups excluding carboxylic acids is 1. The number of benzene rings is 1. The first kappa shape index (κ1) is 17.9. The zero-order chi connectivity index (χ0) is 19.8. The molecule has 0 spiro atoms. The van der Waals surface area contributed by atoms with Gasteiger partial charge in [0.15, 0.2) is 5.82 Å². The first-order valence-corrected chi connectivity index (χ1v) is 9.78. The van der Waals surface area contributed by atoms with Crippen LogP contribution in [0.15, 0.2) is 36.7 Å². The maximum Gasteiger partial charge on any atom is 0.252 e. The third-order valence-electron chi connectivity index (χ3n) is 5.66. The lowest BCUT2D eigenvalue weighted by Gasteiger charge is -2.36. The summed E-state index contributed by atoms with van der Waals surface area (Å²) in [6.45, 7) is 1.44. The van der Waals surface area contributed by atoms with Gasteiger partial charge in [-0.05, 0) is 73.5 Å². The predicted molar refractivity (Wildman–Crippen MR) is 102 cm³/mol. The van der Waals surface area contributed by atoms with Crippen molar-refractivity contribution in [1.82, 2.24) is 35.3 Å². The minimum absolute atomic E-state index is 0.167. The second-order valence-electron chi connectivity index (χ2n) is 7.58. The molecule has 2 fully saturated rings. The molecule has 1 aliphatic carbocycles. The standard InChI is InChI=1S/C19H21FN8O/c20-15-5-4-14(12-16(15)28-17(13-2-3-13)24-25-26-28)23-18(29)19(6-9-21-10-7-19)27-11-1-8-22-27/h1,4-5,8,11-13,21H,2-3,6-7,9-10H2,(H,23,29). The van der Waals surface area contributed by atoms with Gasteiger partial charge in [0.1, 0.15) is 17.0 Å². The molecule has 1 saturated carbocycles. The molecule has 1 aromatic carbocycles. The highest BCUT2D eigenvalue weighted by Crippen LogP contribution is 2.39. The zero-order valence-electron chi connectivity index (χ0n) is 15.8. The highest BCUT2D eigenvalue weighted by atomic mass is 19.1. The largest absolute Gasteiger partial charge is 0.324 e. The number of rotatable bonds is 5. The highest BCUT2D eigenvalue weighted by Gasteiger charge is 2.42. The van der Waals surface area contributed by atoms with E-state index >= 15 is 0 Å². The molecule has 5 rings (SSSR count). The van der Waals surface area contributed by atoms with Gasteiger partial charge < -0.3 is 10.6 Å². The minimum atomic E-state index is -0.780. The molecule has 10 heteroatoms. The molecular weight excluding hydrogens is 375 g/mol. The van der Waals surface area contributed by atoms with Crippen LogP contribution >= 0.6 is 0 Å². The molecule has 3 aromatic rings. The van der Waals surface area contributed by atoms with Gasteiger partial charge in [-0.25, -0.2) is 4.39 Å². The maximum absolute atomic E-state index is 14.5. The molecule has 2 N–H and O–H groups in total. The minimum Gasteiger partial charge on any atom is -0.324 e. The van der Waals surface area contributed by atoms with Crippen molar-refractivity contribution in [3.05, 3.63) is 48.3 Å². The molecular formula is C19H21FN8O. The van der Waals surface area contributed by atoms with Gasteiger partial charge in [-0.1, -0.05) is 0 Å². The second kappa shape index (κ2) is 7.03. The quantitative estimate of drug-likeness (QED) is 0.679. The number of piperidine rings is 1. The van der Waals surface area contributed by atoms with E-state index < -0.39 is 11.4 Å². The number of halogens is 1. The predicted octanol–water partition coefficient (Wildman–Crippen LogP) is 1.59. The first-order valence-electron chi connectivity index (χ1n) is 9.78. The molecule has 0 radical (unpaired) electrons. The van der Waals surface area contributed by atoms with E-state index in [0.717, 1.165) is 25.9 Å². The van der Waals surface area contributed by atoms with Gasteiger partial charge in [0, 0.05) is 24.0 Å². The van der Waals surface area contributed by atoms with Crippen LogP contribution in [0.3, 0.4) is 0 Å². The van der Waals surface area contributed by atoms with Crippen LogP contribution in [0.25, 0.3) is 5.69 Å². The number of nitrogens with zero attached hydrogens (tertiary/aromatic N) is 6. The number of anilines is 1. The Morgan fingerprint density at radius 1 is 1.28 bits per heavy atom. The summed E-state index contributed by atoms with van der Waals surface area (Å²) in [6, 6.07) is 6.26. The fourth-order valence-electron chi connectivity index (χ4n) is 3.88. The Kier molecular flexibility index (Phi) is 4.35. The second-order valence-corrected chi connectivity index (χ2v) is 7.58. The van der Waals surface area contributed by atoms with Gasteiger partial charge >= 0.3 is 0 Å². The number of tetrazole rings is 1. The number of amides is 1. The Morgan fingerprint density at radius 3 is 2.83 bits per heavy atom. The third kappa shape index (κ3) is 3.19. The summed E-state index contributed by atoms with van der Waals surface area (Å²) in [4.78, 5) is 13.3. The smallest absolute Gasteiger partial charge is 0.252 e. The maximum atomic E-state index is 14.5. The lowest BCUT2D eigenvalue weighted by molar-refractivity contribution is -0.126. The van der Waals surface area contributed by atoms with E-state index in [1.54, 1.807) is 23.0 Å². The molecule has 1 aliphatic heterocycles. The summed E-state index contributed by atoms with van der Waals surface area (Å²) >= 11 is 0. The van der Waals surface area contributed by atoms with Crippen LogP contribution in [0.1, 0.15) is 37.4 Å². The number of hydrogen-bond acceptors (Lipinski definition) is 6. The zero-order valence-corrected chi connectivity index (χ0v) is 15.8. The molecule has 2 aliphatic rings. The topological polar surface area (TPSA) is 103 Å². The van der Waals surface area contributed by atoms with E-state index in [-0.39, 0.29) is 17.5 Å².